The third-order valence-electron chi connectivity index (χ3n) is 3.50. The molecule has 0 saturated heterocycles. The van der Waals surface area contributed by atoms with Gasteiger partial charge >= 0.3 is 6.03 Å². The molecule has 0 aromatic heterocycles. The third-order valence-corrected chi connectivity index (χ3v) is 3.91. The number of anilines is 1. The first kappa shape index (κ1) is 17.2. The Labute approximate surface area is 141 Å². The van der Waals surface area contributed by atoms with E-state index in [9.17, 15) is 4.79 Å². The minimum atomic E-state index is -0.278. The van der Waals surface area contributed by atoms with Gasteiger partial charge in [0, 0.05) is 10.7 Å². The minimum absolute atomic E-state index is 0.278. The fourth-order valence-electron chi connectivity index (χ4n) is 2.10. The number of amides is 2. The number of hydrogen-bond donors (Lipinski definition) is 2. The lowest BCUT2D eigenvalue weighted by molar-refractivity contribution is 0.247. The van der Waals surface area contributed by atoms with Gasteiger partial charge in [-0.2, -0.15) is 0 Å². The number of hydrogen-bond acceptors (Lipinski definition) is 2. The van der Waals surface area contributed by atoms with Crippen LogP contribution in [-0.2, 0) is 0 Å². The van der Waals surface area contributed by atoms with Crippen molar-refractivity contribution in [3.63, 3.8) is 0 Å². The third kappa shape index (κ3) is 4.89. The average molecular weight is 333 g/mol. The first-order valence-corrected chi connectivity index (χ1v) is 7.85. The van der Waals surface area contributed by atoms with Crippen LogP contribution in [-0.4, -0.2) is 19.2 Å². The van der Waals surface area contributed by atoms with Crippen LogP contribution in [0.1, 0.15) is 16.7 Å². The number of urea groups is 1. The Morgan fingerprint density at radius 1 is 1.17 bits per heavy atom. The molecule has 2 rings (SSSR count). The maximum atomic E-state index is 11.9. The number of ether oxygens (including phenoxy) is 1. The molecule has 2 amide bonds. The quantitative estimate of drug-likeness (QED) is 0.794. The van der Waals surface area contributed by atoms with Crippen LogP contribution in [0.4, 0.5) is 10.5 Å². The zero-order valence-corrected chi connectivity index (χ0v) is 14.3. The van der Waals surface area contributed by atoms with Gasteiger partial charge in [-0.1, -0.05) is 29.8 Å². The molecule has 0 heterocycles. The first-order chi connectivity index (χ1) is 11.0. The normalized spacial score (nSPS) is 10.3. The molecule has 0 radical (unpaired) electrons. The molecule has 0 fully saturated rings. The highest BCUT2D eigenvalue weighted by molar-refractivity contribution is 6.31. The molecule has 0 aliphatic carbocycles. The van der Waals surface area contributed by atoms with Gasteiger partial charge in [-0.15, -0.1) is 0 Å². The summed E-state index contributed by atoms with van der Waals surface area (Å²) in [6, 6.07) is 11.2. The SMILES string of the molecule is Cc1ccc(C)c(OCCNC(=O)Nc2cccc(Cl)c2C)c1. The number of carbonyl (C=O) groups excluding carboxylic acids is 1. The topological polar surface area (TPSA) is 50.4 Å². The predicted molar refractivity (Wildman–Crippen MR) is 94.6 cm³/mol. The van der Waals surface area contributed by atoms with Crippen LogP contribution in [0, 0.1) is 20.8 Å². The summed E-state index contributed by atoms with van der Waals surface area (Å²) in [4.78, 5) is 11.9. The van der Waals surface area contributed by atoms with Crippen LogP contribution in [0.5, 0.6) is 5.75 Å². The summed E-state index contributed by atoms with van der Waals surface area (Å²) in [5.74, 6) is 0.845. The second kappa shape index (κ2) is 7.88. The minimum Gasteiger partial charge on any atom is -0.491 e. The van der Waals surface area contributed by atoms with Gasteiger partial charge in [-0.3, -0.25) is 0 Å². The molecule has 122 valence electrons. The van der Waals surface area contributed by atoms with Gasteiger partial charge in [-0.25, -0.2) is 4.79 Å². The summed E-state index contributed by atoms with van der Waals surface area (Å²) in [5, 5.41) is 6.17. The molecule has 0 aliphatic rings. The molecule has 0 bridgehead atoms. The number of halogens is 1. The molecule has 2 aromatic rings. The average Bonchev–Trinajstić information content (AvgIpc) is 2.51. The van der Waals surface area contributed by atoms with E-state index in [0.29, 0.717) is 23.9 Å². The molecular formula is C18H21ClN2O2. The lowest BCUT2D eigenvalue weighted by Crippen LogP contribution is -2.32. The zero-order valence-electron chi connectivity index (χ0n) is 13.6. The molecule has 0 unspecified atom stereocenters. The van der Waals surface area contributed by atoms with Gasteiger partial charge < -0.3 is 15.4 Å². The number of aryl methyl sites for hydroxylation is 2. The second-order valence-electron chi connectivity index (χ2n) is 5.41. The number of benzene rings is 2. The largest absolute Gasteiger partial charge is 0.491 e. The number of rotatable bonds is 5. The van der Waals surface area contributed by atoms with E-state index < -0.39 is 0 Å². The Balaban J connectivity index is 1.79. The standard InChI is InChI=1S/C18H21ClN2O2/c1-12-7-8-13(2)17(11-12)23-10-9-20-18(22)21-16-6-4-5-15(19)14(16)3/h4-8,11H,9-10H2,1-3H3,(H2,20,21,22). The van der Waals surface area contributed by atoms with E-state index in [1.807, 2.05) is 45.0 Å². The molecule has 2 aromatic carbocycles. The van der Waals surface area contributed by atoms with Crippen LogP contribution in [0.15, 0.2) is 36.4 Å². The lowest BCUT2D eigenvalue weighted by Gasteiger charge is -2.12. The summed E-state index contributed by atoms with van der Waals surface area (Å²) < 4.78 is 5.70. The zero-order chi connectivity index (χ0) is 16.8. The van der Waals surface area contributed by atoms with Crippen LogP contribution < -0.4 is 15.4 Å². The van der Waals surface area contributed by atoms with E-state index in [1.165, 1.54) is 0 Å². The molecule has 23 heavy (non-hydrogen) atoms. The highest BCUT2D eigenvalue weighted by Crippen LogP contribution is 2.22. The van der Waals surface area contributed by atoms with Crippen molar-refractivity contribution in [1.29, 1.82) is 0 Å². The molecule has 4 nitrogen and oxygen atoms in total. The molecular weight excluding hydrogens is 312 g/mol. The molecule has 5 heteroatoms. The monoisotopic (exact) mass is 332 g/mol. The molecule has 0 atom stereocenters. The summed E-state index contributed by atoms with van der Waals surface area (Å²) in [7, 11) is 0. The Hall–Kier alpha value is -2.20. The van der Waals surface area contributed by atoms with Gasteiger partial charge in [0.05, 0.1) is 6.54 Å². The number of carbonyl (C=O) groups is 1. The van der Waals surface area contributed by atoms with Crippen LogP contribution >= 0.6 is 11.6 Å². The highest BCUT2D eigenvalue weighted by Gasteiger charge is 2.06. The van der Waals surface area contributed by atoms with Crippen LogP contribution in [0.3, 0.4) is 0 Å². The molecule has 0 spiro atoms. The number of nitrogens with one attached hydrogen (secondary N) is 2. The highest BCUT2D eigenvalue weighted by atomic mass is 35.5. The van der Waals surface area contributed by atoms with Crippen molar-refractivity contribution in [1.82, 2.24) is 5.32 Å². The molecule has 0 aliphatic heterocycles. The Morgan fingerprint density at radius 3 is 2.74 bits per heavy atom. The van der Waals surface area contributed by atoms with Gasteiger partial charge in [0.1, 0.15) is 12.4 Å². The first-order valence-electron chi connectivity index (χ1n) is 7.47. The Kier molecular flexibility index (Phi) is 5.88. The lowest BCUT2D eigenvalue weighted by atomic mass is 10.1. The fraction of sp³-hybridized carbons (Fsp3) is 0.278. The van der Waals surface area contributed by atoms with Crippen molar-refractivity contribution in [3.8, 4) is 5.75 Å². The molecule has 2 N–H and O–H groups in total. The van der Waals surface area contributed by atoms with E-state index in [2.05, 4.69) is 10.6 Å². The fourth-order valence-corrected chi connectivity index (χ4v) is 2.27. The van der Waals surface area contributed by atoms with E-state index >= 15 is 0 Å². The van der Waals surface area contributed by atoms with E-state index in [-0.39, 0.29) is 6.03 Å². The van der Waals surface area contributed by atoms with Gasteiger partial charge in [0.2, 0.25) is 0 Å². The van der Waals surface area contributed by atoms with Crippen LogP contribution in [0.2, 0.25) is 5.02 Å². The summed E-state index contributed by atoms with van der Waals surface area (Å²) in [6.45, 7) is 6.70. The van der Waals surface area contributed by atoms with E-state index in [1.54, 1.807) is 12.1 Å². The Bertz CT molecular complexity index is 701. The van der Waals surface area contributed by atoms with Crippen molar-refractivity contribution in [2.75, 3.05) is 18.5 Å². The van der Waals surface area contributed by atoms with Gasteiger partial charge in [0.25, 0.3) is 0 Å². The van der Waals surface area contributed by atoms with E-state index in [0.717, 1.165) is 22.4 Å². The van der Waals surface area contributed by atoms with E-state index in [4.69, 9.17) is 16.3 Å². The maximum Gasteiger partial charge on any atom is 0.319 e. The van der Waals surface area contributed by atoms with Crippen molar-refractivity contribution in [3.05, 3.63) is 58.1 Å². The van der Waals surface area contributed by atoms with Crippen molar-refractivity contribution >= 4 is 23.3 Å². The summed E-state index contributed by atoms with van der Waals surface area (Å²) in [6.07, 6.45) is 0. The van der Waals surface area contributed by atoms with Gasteiger partial charge in [-0.05, 0) is 55.7 Å². The van der Waals surface area contributed by atoms with Crippen molar-refractivity contribution in [2.45, 2.75) is 20.8 Å². The summed E-state index contributed by atoms with van der Waals surface area (Å²) in [5.41, 5.74) is 3.77. The van der Waals surface area contributed by atoms with Gasteiger partial charge in [0.15, 0.2) is 0 Å². The Morgan fingerprint density at radius 2 is 1.96 bits per heavy atom. The summed E-state index contributed by atoms with van der Waals surface area (Å²) >= 11 is 6.03. The molecule has 0 saturated carbocycles. The predicted octanol–water partition coefficient (Wildman–Crippen LogP) is 4.47. The van der Waals surface area contributed by atoms with Crippen LogP contribution in [0.25, 0.3) is 0 Å². The maximum absolute atomic E-state index is 11.9. The smallest absolute Gasteiger partial charge is 0.319 e. The van der Waals surface area contributed by atoms with Crippen molar-refractivity contribution < 1.29 is 9.53 Å². The second-order valence-corrected chi connectivity index (χ2v) is 5.82. The van der Waals surface area contributed by atoms with Crippen molar-refractivity contribution in [2.24, 2.45) is 0 Å².